The highest BCUT2D eigenvalue weighted by Gasteiger charge is 2.24. The molecular formula is C22H19FN2O2S. The van der Waals surface area contributed by atoms with E-state index in [2.05, 4.69) is 10.6 Å². The average molecular weight is 394 g/mol. The number of anilines is 1. The molecule has 1 fully saturated rings. The molecule has 0 bridgehead atoms. The van der Waals surface area contributed by atoms with Gasteiger partial charge in [0.25, 0.3) is 11.8 Å². The number of hydrogen-bond donors (Lipinski definition) is 2. The lowest BCUT2D eigenvalue weighted by Crippen LogP contribution is -2.25. The first-order chi connectivity index (χ1) is 13.5. The van der Waals surface area contributed by atoms with Crippen LogP contribution in [0.15, 0.2) is 54.6 Å². The lowest BCUT2D eigenvalue weighted by molar-refractivity contribution is 0.0949. The van der Waals surface area contributed by atoms with Crippen LogP contribution in [0, 0.1) is 12.7 Å². The molecule has 0 radical (unpaired) electrons. The van der Waals surface area contributed by atoms with Gasteiger partial charge in [0, 0.05) is 27.7 Å². The second kappa shape index (κ2) is 7.56. The molecule has 142 valence electrons. The van der Waals surface area contributed by atoms with Gasteiger partial charge in [-0.05, 0) is 55.7 Å². The first-order valence-electron chi connectivity index (χ1n) is 9.09. The number of amides is 2. The van der Waals surface area contributed by atoms with E-state index >= 15 is 0 Å². The Morgan fingerprint density at radius 3 is 2.57 bits per heavy atom. The fourth-order valence-corrected chi connectivity index (χ4v) is 3.77. The van der Waals surface area contributed by atoms with Crippen molar-refractivity contribution in [3.05, 3.63) is 76.4 Å². The molecule has 2 aromatic carbocycles. The Hall–Kier alpha value is -2.99. The van der Waals surface area contributed by atoms with Gasteiger partial charge >= 0.3 is 0 Å². The van der Waals surface area contributed by atoms with E-state index in [1.54, 1.807) is 42.5 Å². The highest BCUT2D eigenvalue weighted by molar-refractivity contribution is 7.17. The van der Waals surface area contributed by atoms with Crippen molar-refractivity contribution in [2.24, 2.45) is 0 Å². The zero-order chi connectivity index (χ0) is 19.7. The molecule has 28 heavy (non-hydrogen) atoms. The third-order valence-electron chi connectivity index (χ3n) is 4.63. The van der Waals surface area contributed by atoms with E-state index in [-0.39, 0.29) is 23.7 Å². The summed E-state index contributed by atoms with van der Waals surface area (Å²) in [6.07, 6.45) is 2.04. The normalized spacial score (nSPS) is 13.2. The molecule has 2 N–H and O–H groups in total. The molecule has 0 atom stereocenters. The first-order valence-corrected chi connectivity index (χ1v) is 9.90. The van der Waals surface area contributed by atoms with Gasteiger partial charge in [-0.15, -0.1) is 11.3 Å². The number of carbonyl (C=O) groups excluding carboxylic acids is 2. The SMILES string of the molecule is Cc1ccc(C(=O)NC2CC2)cc1NC(=O)c1ccc(-c2ccccc2F)s1. The number of halogens is 1. The maximum Gasteiger partial charge on any atom is 0.265 e. The van der Waals surface area contributed by atoms with Crippen LogP contribution in [0.3, 0.4) is 0 Å². The topological polar surface area (TPSA) is 58.2 Å². The largest absolute Gasteiger partial charge is 0.349 e. The maximum atomic E-state index is 14.0. The number of thiophene rings is 1. The van der Waals surface area contributed by atoms with E-state index < -0.39 is 0 Å². The summed E-state index contributed by atoms with van der Waals surface area (Å²) in [7, 11) is 0. The molecule has 0 unspecified atom stereocenters. The molecule has 4 rings (SSSR count). The van der Waals surface area contributed by atoms with Gasteiger partial charge in [-0.3, -0.25) is 9.59 Å². The highest BCUT2D eigenvalue weighted by atomic mass is 32.1. The number of nitrogens with one attached hydrogen (secondary N) is 2. The van der Waals surface area contributed by atoms with Crippen molar-refractivity contribution < 1.29 is 14.0 Å². The Morgan fingerprint density at radius 1 is 1.04 bits per heavy atom. The average Bonchev–Trinajstić information content (AvgIpc) is 3.36. The second-order valence-corrected chi connectivity index (χ2v) is 7.96. The third kappa shape index (κ3) is 3.97. The predicted molar refractivity (Wildman–Crippen MR) is 109 cm³/mol. The van der Waals surface area contributed by atoms with E-state index in [0.29, 0.717) is 26.6 Å². The van der Waals surface area contributed by atoms with Crippen molar-refractivity contribution >= 4 is 28.8 Å². The zero-order valence-corrected chi connectivity index (χ0v) is 16.1. The first kappa shape index (κ1) is 18.4. The van der Waals surface area contributed by atoms with Crippen molar-refractivity contribution in [1.29, 1.82) is 0 Å². The second-order valence-electron chi connectivity index (χ2n) is 6.88. The summed E-state index contributed by atoms with van der Waals surface area (Å²) < 4.78 is 14.0. The van der Waals surface area contributed by atoms with Crippen molar-refractivity contribution in [2.45, 2.75) is 25.8 Å². The minimum absolute atomic E-state index is 0.129. The van der Waals surface area contributed by atoms with Gasteiger partial charge in [-0.1, -0.05) is 24.3 Å². The van der Waals surface area contributed by atoms with Gasteiger partial charge in [0.2, 0.25) is 0 Å². The smallest absolute Gasteiger partial charge is 0.265 e. The molecule has 1 aromatic heterocycles. The number of rotatable bonds is 5. The van der Waals surface area contributed by atoms with E-state index in [9.17, 15) is 14.0 Å². The molecule has 0 spiro atoms. The van der Waals surface area contributed by atoms with Gasteiger partial charge in [-0.2, -0.15) is 0 Å². The number of aryl methyl sites for hydroxylation is 1. The zero-order valence-electron chi connectivity index (χ0n) is 15.3. The molecule has 0 saturated heterocycles. The maximum absolute atomic E-state index is 14.0. The molecule has 4 nitrogen and oxygen atoms in total. The number of carbonyl (C=O) groups is 2. The van der Waals surface area contributed by atoms with E-state index in [4.69, 9.17) is 0 Å². The predicted octanol–water partition coefficient (Wildman–Crippen LogP) is 5.01. The Labute approximate surface area is 166 Å². The highest BCUT2D eigenvalue weighted by Crippen LogP contribution is 2.30. The Morgan fingerprint density at radius 2 is 1.82 bits per heavy atom. The summed E-state index contributed by atoms with van der Waals surface area (Å²) in [5.74, 6) is -0.729. The van der Waals surface area contributed by atoms with Crippen LogP contribution in [0.5, 0.6) is 0 Å². The van der Waals surface area contributed by atoms with Gasteiger partial charge in [0.1, 0.15) is 5.82 Å². The van der Waals surface area contributed by atoms with Crippen LogP contribution in [0.2, 0.25) is 0 Å². The van der Waals surface area contributed by atoms with Crippen LogP contribution in [0.4, 0.5) is 10.1 Å². The van der Waals surface area contributed by atoms with Crippen molar-refractivity contribution in [1.82, 2.24) is 5.32 Å². The van der Waals surface area contributed by atoms with E-state index in [1.165, 1.54) is 17.4 Å². The molecular weight excluding hydrogens is 375 g/mol. The summed E-state index contributed by atoms with van der Waals surface area (Å²) in [6.45, 7) is 1.87. The Kier molecular flexibility index (Phi) is 4.96. The quantitative estimate of drug-likeness (QED) is 0.639. The molecule has 1 aliphatic carbocycles. The minimum atomic E-state index is -0.318. The van der Waals surface area contributed by atoms with Crippen LogP contribution in [0.25, 0.3) is 10.4 Å². The summed E-state index contributed by atoms with van der Waals surface area (Å²) in [5.41, 5.74) is 2.45. The fourth-order valence-electron chi connectivity index (χ4n) is 2.84. The van der Waals surface area contributed by atoms with Crippen LogP contribution >= 0.6 is 11.3 Å². The summed E-state index contributed by atoms with van der Waals surface area (Å²) in [4.78, 5) is 26.1. The van der Waals surface area contributed by atoms with Crippen molar-refractivity contribution in [3.63, 3.8) is 0 Å². The Balaban J connectivity index is 1.52. The standard InChI is InChI=1S/C22H19FN2O2S/c1-13-6-7-14(21(26)24-15-8-9-15)12-18(13)25-22(27)20-11-10-19(28-20)16-4-2-3-5-17(16)23/h2-7,10-12,15H,8-9H2,1H3,(H,24,26)(H,25,27). The molecule has 2 amide bonds. The van der Waals surface area contributed by atoms with Gasteiger partial charge in [0.15, 0.2) is 0 Å². The minimum Gasteiger partial charge on any atom is -0.349 e. The molecule has 6 heteroatoms. The molecule has 1 saturated carbocycles. The van der Waals surface area contributed by atoms with Crippen LogP contribution in [-0.2, 0) is 0 Å². The van der Waals surface area contributed by atoms with Crippen LogP contribution in [0.1, 0.15) is 38.4 Å². The van der Waals surface area contributed by atoms with Gasteiger partial charge in [-0.25, -0.2) is 4.39 Å². The molecule has 0 aliphatic heterocycles. The van der Waals surface area contributed by atoms with Gasteiger partial charge in [0.05, 0.1) is 4.88 Å². The van der Waals surface area contributed by atoms with Crippen LogP contribution < -0.4 is 10.6 Å². The molecule has 1 heterocycles. The van der Waals surface area contributed by atoms with Crippen LogP contribution in [-0.4, -0.2) is 17.9 Å². The summed E-state index contributed by atoms with van der Waals surface area (Å²) in [6, 6.07) is 15.4. The lowest BCUT2D eigenvalue weighted by Gasteiger charge is -2.10. The summed E-state index contributed by atoms with van der Waals surface area (Å²) >= 11 is 1.23. The van der Waals surface area contributed by atoms with Gasteiger partial charge < -0.3 is 10.6 Å². The summed E-state index contributed by atoms with van der Waals surface area (Å²) in [5, 5.41) is 5.81. The number of hydrogen-bond acceptors (Lipinski definition) is 3. The molecule has 3 aromatic rings. The fraction of sp³-hybridized carbons (Fsp3) is 0.182. The third-order valence-corrected chi connectivity index (χ3v) is 5.75. The van der Waals surface area contributed by atoms with Crippen molar-refractivity contribution in [2.75, 3.05) is 5.32 Å². The van der Waals surface area contributed by atoms with E-state index in [1.807, 2.05) is 13.0 Å². The lowest BCUT2D eigenvalue weighted by atomic mass is 10.1. The van der Waals surface area contributed by atoms with Crippen molar-refractivity contribution in [3.8, 4) is 10.4 Å². The monoisotopic (exact) mass is 394 g/mol. The number of benzene rings is 2. The Bertz CT molecular complexity index is 1060. The van der Waals surface area contributed by atoms with E-state index in [0.717, 1.165) is 18.4 Å². The molecule has 1 aliphatic rings.